The maximum Gasteiger partial charge on any atom is 0.274 e. The molecule has 2 rings (SSSR count). The van der Waals surface area contributed by atoms with Gasteiger partial charge in [0.2, 0.25) is 5.91 Å². The smallest absolute Gasteiger partial charge is 0.274 e. The first-order valence-corrected chi connectivity index (χ1v) is 6.75. The number of hydrogen-bond donors (Lipinski definition) is 1. The number of likely N-dealkylation sites (N-methyl/N-ethyl adjacent to an activating group) is 1. The lowest BCUT2D eigenvalue weighted by Gasteiger charge is -2.17. The van der Waals surface area contributed by atoms with Crippen LogP contribution in [0.25, 0.3) is 0 Å². The summed E-state index contributed by atoms with van der Waals surface area (Å²) in [6.07, 6.45) is 2.49. The van der Waals surface area contributed by atoms with Gasteiger partial charge in [-0.25, -0.2) is 0 Å². The highest BCUT2D eigenvalue weighted by Crippen LogP contribution is 2.27. The maximum atomic E-state index is 11.9. The van der Waals surface area contributed by atoms with Crippen molar-refractivity contribution in [3.8, 4) is 0 Å². The number of amides is 1. The second kappa shape index (κ2) is 6.47. The van der Waals surface area contributed by atoms with Crippen molar-refractivity contribution in [3.63, 3.8) is 0 Å². The molecule has 0 atom stereocenters. The van der Waals surface area contributed by atoms with E-state index >= 15 is 0 Å². The Bertz CT molecular complexity index is 500. The monoisotopic (exact) mass is 277 g/mol. The quantitative estimate of drug-likeness (QED) is 0.606. The fourth-order valence-electron chi connectivity index (χ4n) is 2.01. The fraction of sp³-hybridized carbons (Fsp3) is 0.500. The molecule has 0 aliphatic heterocycles. The molecule has 1 aromatic carbocycles. The van der Waals surface area contributed by atoms with Gasteiger partial charge in [0, 0.05) is 18.7 Å². The van der Waals surface area contributed by atoms with E-state index in [-0.39, 0.29) is 24.7 Å². The maximum absolute atomic E-state index is 11.9. The molecule has 0 radical (unpaired) electrons. The Labute approximate surface area is 117 Å². The highest BCUT2D eigenvalue weighted by atomic mass is 16.6. The molecule has 0 unspecified atom stereocenters. The van der Waals surface area contributed by atoms with Gasteiger partial charge >= 0.3 is 0 Å². The summed E-state index contributed by atoms with van der Waals surface area (Å²) in [6.45, 7) is 1.42. The SMILES string of the molecule is CN(Cc1ccccc1[N+](=O)[O-])C(=O)CNCC1CC1. The Morgan fingerprint density at radius 3 is 2.80 bits per heavy atom. The summed E-state index contributed by atoms with van der Waals surface area (Å²) in [5.41, 5.74) is 0.605. The predicted octanol–water partition coefficient (Wildman–Crippen LogP) is 1.55. The molecular formula is C14H19N3O3. The number of benzene rings is 1. The minimum absolute atomic E-state index is 0.0520. The molecule has 20 heavy (non-hydrogen) atoms. The number of hydrogen-bond acceptors (Lipinski definition) is 4. The molecule has 0 bridgehead atoms. The third-order valence-electron chi connectivity index (χ3n) is 3.43. The van der Waals surface area contributed by atoms with E-state index in [1.54, 1.807) is 25.2 Å². The van der Waals surface area contributed by atoms with Gasteiger partial charge in [0.05, 0.1) is 18.0 Å². The number of nitro groups is 1. The minimum atomic E-state index is -0.418. The first kappa shape index (κ1) is 14.5. The molecule has 0 heterocycles. The third-order valence-corrected chi connectivity index (χ3v) is 3.43. The molecule has 1 aliphatic rings. The lowest BCUT2D eigenvalue weighted by Crippen LogP contribution is -2.36. The van der Waals surface area contributed by atoms with E-state index in [1.807, 2.05) is 0 Å². The van der Waals surface area contributed by atoms with Gasteiger partial charge < -0.3 is 10.2 Å². The number of carbonyl (C=O) groups is 1. The molecule has 1 amide bonds. The van der Waals surface area contributed by atoms with Crippen molar-refractivity contribution in [2.45, 2.75) is 19.4 Å². The van der Waals surface area contributed by atoms with Gasteiger partial charge in [-0.1, -0.05) is 18.2 Å². The number of nitrogens with one attached hydrogen (secondary N) is 1. The van der Waals surface area contributed by atoms with E-state index in [9.17, 15) is 14.9 Å². The van der Waals surface area contributed by atoms with Crippen molar-refractivity contribution < 1.29 is 9.72 Å². The average Bonchev–Trinajstić information content (AvgIpc) is 3.23. The normalized spacial score (nSPS) is 14.1. The fourth-order valence-corrected chi connectivity index (χ4v) is 2.01. The minimum Gasteiger partial charge on any atom is -0.340 e. The van der Waals surface area contributed by atoms with Crippen LogP contribution in [0.1, 0.15) is 18.4 Å². The molecule has 6 nitrogen and oxygen atoms in total. The van der Waals surface area contributed by atoms with Gasteiger partial charge in [-0.05, 0) is 25.3 Å². The topological polar surface area (TPSA) is 75.5 Å². The van der Waals surface area contributed by atoms with E-state index in [2.05, 4.69) is 5.32 Å². The first-order valence-electron chi connectivity index (χ1n) is 6.75. The van der Waals surface area contributed by atoms with Crippen molar-refractivity contribution in [2.24, 2.45) is 5.92 Å². The Morgan fingerprint density at radius 2 is 2.15 bits per heavy atom. The van der Waals surface area contributed by atoms with Gasteiger partial charge in [0.25, 0.3) is 5.69 Å². The molecular weight excluding hydrogens is 258 g/mol. The molecule has 1 N–H and O–H groups in total. The van der Waals surface area contributed by atoms with Crippen LogP contribution in [0, 0.1) is 16.0 Å². The number of rotatable bonds is 7. The van der Waals surface area contributed by atoms with Crippen LogP contribution in [-0.4, -0.2) is 35.9 Å². The summed E-state index contributed by atoms with van der Waals surface area (Å²) in [5, 5.41) is 14.0. The van der Waals surface area contributed by atoms with Gasteiger partial charge in [-0.15, -0.1) is 0 Å². The van der Waals surface area contributed by atoms with Gasteiger partial charge in [-0.2, -0.15) is 0 Å². The summed E-state index contributed by atoms with van der Waals surface area (Å²) in [6, 6.07) is 6.51. The number of nitro benzene ring substituents is 1. The Balaban J connectivity index is 1.87. The lowest BCUT2D eigenvalue weighted by molar-refractivity contribution is -0.385. The van der Waals surface area contributed by atoms with Crippen LogP contribution < -0.4 is 5.32 Å². The van der Waals surface area contributed by atoms with Crippen molar-refractivity contribution in [1.82, 2.24) is 10.2 Å². The summed E-state index contributed by atoms with van der Waals surface area (Å²) in [5.74, 6) is 0.673. The third kappa shape index (κ3) is 4.03. The zero-order chi connectivity index (χ0) is 14.5. The van der Waals surface area contributed by atoms with E-state index < -0.39 is 4.92 Å². The van der Waals surface area contributed by atoms with Gasteiger partial charge in [0.15, 0.2) is 0 Å². The zero-order valence-electron chi connectivity index (χ0n) is 11.5. The summed E-state index contributed by atoms with van der Waals surface area (Å²) >= 11 is 0. The van der Waals surface area contributed by atoms with Crippen LogP contribution >= 0.6 is 0 Å². The van der Waals surface area contributed by atoms with Crippen molar-refractivity contribution in [3.05, 3.63) is 39.9 Å². The molecule has 1 fully saturated rings. The highest BCUT2D eigenvalue weighted by Gasteiger charge is 2.21. The van der Waals surface area contributed by atoms with E-state index in [0.717, 1.165) is 12.5 Å². The number of carbonyl (C=O) groups excluding carboxylic acids is 1. The molecule has 1 saturated carbocycles. The first-order chi connectivity index (χ1) is 9.58. The standard InChI is InChI=1S/C14H19N3O3/c1-16(14(18)9-15-8-11-6-7-11)10-12-4-2-3-5-13(12)17(19)20/h2-5,11,15H,6-10H2,1H3. The predicted molar refractivity (Wildman–Crippen MR) is 75.2 cm³/mol. The van der Waals surface area contributed by atoms with Crippen molar-refractivity contribution in [1.29, 1.82) is 0 Å². The largest absolute Gasteiger partial charge is 0.340 e. The second-order valence-corrected chi connectivity index (χ2v) is 5.21. The van der Waals surface area contributed by atoms with E-state index in [4.69, 9.17) is 0 Å². The summed E-state index contributed by atoms with van der Waals surface area (Å²) < 4.78 is 0. The lowest BCUT2D eigenvalue weighted by atomic mass is 10.1. The second-order valence-electron chi connectivity index (χ2n) is 5.21. The zero-order valence-corrected chi connectivity index (χ0v) is 11.5. The van der Waals surface area contributed by atoms with Gasteiger partial charge in [-0.3, -0.25) is 14.9 Å². The molecule has 1 aromatic rings. The van der Waals surface area contributed by atoms with Gasteiger partial charge in [0.1, 0.15) is 0 Å². The molecule has 0 spiro atoms. The summed E-state index contributed by atoms with van der Waals surface area (Å²) in [4.78, 5) is 23.9. The molecule has 108 valence electrons. The van der Waals surface area contributed by atoms with Crippen LogP contribution in [0.15, 0.2) is 24.3 Å². The molecule has 1 aliphatic carbocycles. The van der Waals surface area contributed by atoms with Crippen LogP contribution in [0.2, 0.25) is 0 Å². The van der Waals surface area contributed by atoms with Crippen LogP contribution in [0.4, 0.5) is 5.69 Å². The molecule has 6 heteroatoms. The Morgan fingerprint density at radius 1 is 1.45 bits per heavy atom. The Hall–Kier alpha value is -1.95. The average molecular weight is 277 g/mol. The number of para-hydroxylation sites is 1. The van der Waals surface area contributed by atoms with Crippen LogP contribution in [0.5, 0.6) is 0 Å². The van der Waals surface area contributed by atoms with Crippen LogP contribution in [-0.2, 0) is 11.3 Å². The molecule has 0 aromatic heterocycles. The van der Waals surface area contributed by atoms with E-state index in [1.165, 1.54) is 23.8 Å². The summed E-state index contributed by atoms with van der Waals surface area (Å²) in [7, 11) is 1.66. The van der Waals surface area contributed by atoms with E-state index in [0.29, 0.717) is 5.56 Å². The van der Waals surface area contributed by atoms with Crippen molar-refractivity contribution in [2.75, 3.05) is 20.1 Å². The highest BCUT2D eigenvalue weighted by molar-refractivity contribution is 5.78. The van der Waals surface area contributed by atoms with Crippen molar-refractivity contribution >= 4 is 11.6 Å². The van der Waals surface area contributed by atoms with Crippen LogP contribution in [0.3, 0.4) is 0 Å². The Kier molecular flexibility index (Phi) is 4.68. The number of nitrogens with zero attached hydrogens (tertiary/aromatic N) is 2. The molecule has 0 saturated heterocycles.